The van der Waals surface area contributed by atoms with E-state index in [2.05, 4.69) is 42.5 Å². The van der Waals surface area contributed by atoms with E-state index in [1.54, 1.807) is 7.11 Å². The van der Waals surface area contributed by atoms with Crippen LogP contribution in [0.15, 0.2) is 54.6 Å². The molecule has 0 bridgehead atoms. The smallest absolute Gasteiger partial charge is 0.231 e. The van der Waals surface area contributed by atoms with Gasteiger partial charge in [0.05, 0.1) is 7.11 Å². The minimum absolute atomic E-state index is 0.307. The van der Waals surface area contributed by atoms with Gasteiger partial charge in [0.25, 0.3) is 0 Å². The summed E-state index contributed by atoms with van der Waals surface area (Å²) in [5.74, 6) is 4.25. The van der Waals surface area contributed by atoms with Gasteiger partial charge in [-0.05, 0) is 84.3 Å². The average molecular weight is 418 g/mol. The van der Waals surface area contributed by atoms with Crippen molar-refractivity contribution >= 4 is 0 Å². The number of hydrogen-bond acceptors (Lipinski definition) is 5. The molecule has 2 aliphatic heterocycles. The molecular weight excluding hydrogens is 392 g/mol. The molecule has 0 radical (unpaired) electrons. The minimum Gasteiger partial charge on any atom is -0.497 e. The molecule has 0 saturated heterocycles. The maximum atomic E-state index is 5.71. The standard InChI is InChI=1S/C26H26O5/c1-27-22-13-20(4-2-18-6-8-23-25(15-18)29-11-10-28-23)12-21(14-22)5-3-19-7-9-24-26(16-19)31-17-30-24/h6-9,12-16H,2-5,10-11,17H2,1H3. The molecule has 5 nitrogen and oxygen atoms in total. The van der Waals surface area contributed by atoms with Crippen molar-refractivity contribution in [1.82, 2.24) is 0 Å². The molecule has 2 aliphatic rings. The van der Waals surface area contributed by atoms with Crippen LogP contribution in [-0.4, -0.2) is 27.1 Å². The fraction of sp³-hybridized carbons (Fsp3) is 0.308. The van der Waals surface area contributed by atoms with Crippen molar-refractivity contribution in [2.24, 2.45) is 0 Å². The Hall–Kier alpha value is -3.34. The van der Waals surface area contributed by atoms with E-state index < -0.39 is 0 Å². The Morgan fingerprint density at radius 2 is 1.10 bits per heavy atom. The van der Waals surface area contributed by atoms with Gasteiger partial charge in [-0.15, -0.1) is 0 Å². The minimum atomic E-state index is 0.307. The Kier molecular flexibility index (Phi) is 5.57. The second-order valence-corrected chi connectivity index (χ2v) is 7.85. The summed E-state index contributed by atoms with van der Waals surface area (Å²) in [5.41, 5.74) is 5.03. The lowest BCUT2D eigenvalue weighted by molar-refractivity contribution is 0.171. The molecule has 31 heavy (non-hydrogen) atoms. The lowest BCUT2D eigenvalue weighted by atomic mass is 9.98. The summed E-state index contributed by atoms with van der Waals surface area (Å²) >= 11 is 0. The van der Waals surface area contributed by atoms with Crippen LogP contribution in [0.2, 0.25) is 0 Å². The van der Waals surface area contributed by atoms with Crippen molar-refractivity contribution in [3.63, 3.8) is 0 Å². The second kappa shape index (κ2) is 8.80. The number of aryl methyl sites for hydroxylation is 4. The summed E-state index contributed by atoms with van der Waals surface area (Å²) in [4.78, 5) is 0. The molecule has 160 valence electrons. The van der Waals surface area contributed by atoms with Gasteiger partial charge >= 0.3 is 0 Å². The predicted molar refractivity (Wildman–Crippen MR) is 118 cm³/mol. The maximum absolute atomic E-state index is 5.71. The van der Waals surface area contributed by atoms with Gasteiger partial charge in [-0.3, -0.25) is 0 Å². The summed E-state index contributed by atoms with van der Waals surface area (Å²) < 4.78 is 27.8. The maximum Gasteiger partial charge on any atom is 0.231 e. The van der Waals surface area contributed by atoms with Gasteiger partial charge in [-0.2, -0.15) is 0 Å². The van der Waals surface area contributed by atoms with Crippen LogP contribution in [0.5, 0.6) is 28.7 Å². The third-order valence-electron chi connectivity index (χ3n) is 5.71. The molecule has 0 aromatic heterocycles. The van der Waals surface area contributed by atoms with Gasteiger partial charge in [-0.1, -0.05) is 18.2 Å². The molecule has 0 unspecified atom stereocenters. The number of benzene rings is 3. The number of methoxy groups -OCH3 is 1. The average Bonchev–Trinajstić information content (AvgIpc) is 3.29. The van der Waals surface area contributed by atoms with Gasteiger partial charge < -0.3 is 23.7 Å². The summed E-state index contributed by atoms with van der Waals surface area (Å²) in [6.45, 7) is 1.53. The molecule has 5 heteroatoms. The van der Waals surface area contributed by atoms with E-state index in [1.165, 1.54) is 22.3 Å². The van der Waals surface area contributed by atoms with Gasteiger partial charge in [0.1, 0.15) is 19.0 Å². The van der Waals surface area contributed by atoms with Crippen LogP contribution < -0.4 is 23.7 Å². The van der Waals surface area contributed by atoms with E-state index in [1.807, 2.05) is 12.1 Å². The number of ether oxygens (including phenoxy) is 5. The van der Waals surface area contributed by atoms with Gasteiger partial charge in [0.15, 0.2) is 23.0 Å². The highest BCUT2D eigenvalue weighted by molar-refractivity contribution is 5.45. The first-order valence-corrected chi connectivity index (χ1v) is 10.7. The first kappa shape index (κ1) is 19.6. The molecule has 2 heterocycles. The molecule has 3 aromatic carbocycles. The van der Waals surface area contributed by atoms with Crippen molar-refractivity contribution in [3.05, 3.63) is 76.9 Å². The SMILES string of the molecule is COc1cc(CCc2ccc3c(c2)OCCO3)cc(CCc2ccc3c(c2)OCO3)c1. The first-order chi connectivity index (χ1) is 15.3. The Morgan fingerprint density at radius 1 is 0.581 bits per heavy atom. The molecule has 3 aromatic rings. The van der Waals surface area contributed by atoms with Crippen LogP contribution in [0.4, 0.5) is 0 Å². The van der Waals surface area contributed by atoms with Crippen LogP contribution in [0.1, 0.15) is 22.3 Å². The highest BCUT2D eigenvalue weighted by Crippen LogP contribution is 2.33. The van der Waals surface area contributed by atoms with E-state index in [0.29, 0.717) is 20.0 Å². The first-order valence-electron chi connectivity index (χ1n) is 10.7. The largest absolute Gasteiger partial charge is 0.497 e. The van der Waals surface area contributed by atoms with E-state index in [9.17, 15) is 0 Å². The van der Waals surface area contributed by atoms with Crippen LogP contribution in [-0.2, 0) is 25.7 Å². The molecule has 0 N–H and O–H groups in total. The van der Waals surface area contributed by atoms with Crippen molar-refractivity contribution in [2.45, 2.75) is 25.7 Å². The zero-order chi connectivity index (χ0) is 21.0. The number of hydrogen-bond donors (Lipinski definition) is 0. The van der Waals surface area contributed by atoms with Gasteiger partial charge in [0.2, 0.25) is 6.79 Å². The van der Waals surface area contributed by atoms with Gasteiger partial charge in [0, 0.05) is 0 Å². The third-order valence-corrected chi connectivity index (χ3v) is 5.71. The zero-order valence-corrected chi connectivity index (χ0v) is 17.7. The molecule has 0 amide bonds. The summed E-state index contributed by atoms with van der Waals surface area (Å²) in [6, 6.07) is 18.9. The van der Waals surface area contributed by atoms with Crippen LogP contribution in [0.25, 0.3) is 0 Å². The van der Waals surface area contributed by atoms with Crippen LogP contribution >= 0.6 is 0 Å². The molecular formula is C26H26O5. The Bertz CT molecular complexity index is 1080. The normalized spacial score (nSPS) is 13.8. The molecule has 0 saturated carbocycles. The van der Waals surface area contributed by atoms with E-state index in [0.717, 1.165) is 54.4 Å². The highest BCUT2D eigenvalue weighted by Gasteiger charge is 2.14. The van der Waals surface area contributed by atoms with Crippen molar-refractivity contribution in [1.29, 1.82) is 0 Å². The Labute approximate surface area is 182 Å². The van der Waals surface area contributed by atoms with Crippen molar-refractivity contribution in [3.8, 4) is 28.7 Å². The van der Waals surface area contributed by atoms with Gasteiger partial charge in [-0.25, -0.2) is 0 Å². The Morgan fingerprint density at radius 3 is 1.74 bits per heavy atom. The zero-order valence-electron chi connectivity index (χ0n) is 17.7. The predicted octanol–water partition coefficient (Wildman–Crippen LogP) is 4.77. The number of rotatable bonds is 7. The van der Waals surface area contributed by atoms with Crippen LogP contribution in [0, 0.1) is 0 Å². The van der Waals surface area contributed by atoms with E-state index >= 15 is 0 Å². The highest BCUT2D eigenvalue weighted by atomic mass is 16.7. The fourth-order valence-corrected chi connectivity index (χ4v) is 4.05. The quantitative estimate of drug-likeness (QED) is 0.553. The monoisotopic (exact) mass is 418 g/mol. The lowest BCUT2D eigenvalue weighted by Crippen LogP contribution is -2.15. The summed E-state index contributed by atoms with van der Waals surface area (Å²) in [6.07, 6.45) is 3.75. The lowest BCUT2D eigenvalue weighted by Gasteiger charge is -2.19. The second-order valence-electron chi connectivity index (χ2n) is 7.85. The molecule has 0 fully saturated rings. The molecule has 0 atom stereocenters. The van der Waals surface area contributed by atoms with Crippen molar-refractivity contribution in [2.75, 3.05) is 27.1 Å². The summed E-state index contributed by atoms with van der Waals surface area (Å²) in [7, 11) is 1.72. The molecule has 0 aliphatic carbocycles. The van der Waals surface area contributed by atoms with E-state index in [-0.39, 0.29) is 0 Å². The number of fused-ring (bicyclic) bond motifs is 2. The fourth-order valence-electron chi connectivity index (χ4n) is 4.05. The van der Waals surface area contributed by atoms with Crippen LogP contribution in [0.3, 0.4) is 0 Å². The molecule has 5 rings (SSSR count). The topological polar surface area (TPSA) is 46.2 Å². The Balaban J connectivity index is 1.26. The third kappa shape index (κ3) is 4.55. The summed E-state index contributed by atoms with van der Waals surface area (Å²) in [5, 5.41) is 0. The molecule has 0 spiro atoms. The van der Waals surface area contributed by atoms with Crippen molar-refractivity contribution < 1.29 is 23.7 Å². The van der Waals surface area contributed by atoms with E-state index in [4.69, 9.17) is 23.7 Å².